The Morgan fingerprint density at radius 1 is 1.03 bits per heavy atom. The van der Waals surface area contributed by atoms with Crippen LogP contribution in [0.5, 0.6) is 0 Å². The minimum atomic E-state index is 0.156. The highest BCUT2D eigenvalue weighted by Gasteiger charge is 2.51. The van der Waals surface area contributed by atoms with E-state index in [0.29, 0.717) is 6.42 Å². The molecule has 0 spiro atoms. The third kappa shape index (κ3) is 4.91. The number of amides is 1. The van der Waals surface area contributed by atoms with E-state index < -0.39 is 0 Å². The predicted molar refractivity (Wildman–Crippen MR) is 144 cm³/mol. The quantitative estimate of drug-likeness (QED) is 0.363. The molecule has 5 heteroatoms. The second-order valence-corrected chi connectivity index (χ2v) is 12.0. The second kappa shape index (κ2) is 9.13. The fraction of sp³-hybridized carbons (Fsp3) is 0.467. The van der Waals surface area contributed by atoms with Crippen LogP contribution < -0.4 is 10.6 Å². The molecule has 182 valence electrons. The van der Waals surface area contributed by atoms with Gasteiger partial charge in [0.05, 0.1) is 11.2 Å². The Hall–Kier alpha value is -2.59. The highest BCUT2D eigenvalue weighted by molar-refractivity contribution is 6.30. The maximum Gasteiger partial charge on any atom is 0.224 e. The fourth-order valence-electron chi connectivity index (χ4n) is 7.67. The van der Waals surface area contributed by atoms with Crippen molar-refractivity contribution < 1.29 is 4.79 Å². The number of para-hydroxylation sites is 1. The average molecular weight is 488 g/mol. The van der Waals surface area contributed by atoms with Crippen molar-refractivity contribution in [1.29, 1.82) is 0 Å². The molecule has 4 nitrogen and oxygen atoms in total. The number of carbonyl (C=O) groups excluding carboxylic acids is 1. The van der Waals surface area contributed by atoms with E-state index in [4.69, 9.17) is 16.6 Å². The molecule has 0 saturated heterocycles. The smallest absolute Gasteiger partial charge is 0.224 e. The van der Waals surface area contributed by atoms with Crippen LogP contribution in [-0.4, -0.2) is 16.9 Å². The topological polar surface area (TPSA) is 54.0 Å². The first kappa shape index (κ1) is 22.8. The van der Waals surface area contributed by atoms with Gasteiger partial charge in [-0.3, -0.25) is 4.79 Å². The number of benzene rings is 2. The van der Waals surface area contributed by atoms with Gasteiger partial charge in [0, 0.05) is 28.9 Å². The largest absolute Gasteiger partial charge is 0.367 e. The van der Waals surface area contributed by atoms with Crippen LogP contribution in [0.3, 0.4) is 0 Å². The van der Waals surface area contributed by atoms with Gasteiger partial charge in [-0.05, 0) is 98.8 Å². The first-order chi connectivity index (χ1) is 16.9. The summed E-state index contributed by atoms with van der Waals surface area (Å²) in [5.74, 6) is 3.51. The average Bonchev–Trinajstić information content (AvgIpc) is 2.79. The summed E-state index contributed by atoms with van der Waals surface area (Å²) in [5, 5.41) is 8.58. The number of nitrogens with zero attached hydrogens (tertiary/aromatic N) is 1. The minimum Gasteiger partial charge on any atom is -0.367 e. The standard InChI is InChI=1S/C30H34ClN3O/c1-19(10-20-6-8-24(31)9-7-20)32-28-14-27(25-4-2-3-5-26(25)33-28)34-29(35)18-30-15-21-11-22(16-30)13-23(12-21)17-30/h2-9,14,19,21-23H,10-13,15-18H2,1H3,(H2,32,33,34,35). The molecule has 4 saturated carbocycles. The van der Waals surface area contributed by atoms with E-state index in [2.05, 4.69) is 29.7 Å². The summed E-state index contributed by atoms with van der Waals surface area (Å²) in [4.78, 5) is 18.2. The van der Waals surface area contributed by atoms with Crippen molar-refractivity contribution in [1.82, 2.24) is 4.98 Å². The number of rotatable bonds is 7. The number of fused-ring (bicyclic) bond motifs is 1. The Morgan fingerprint density at radius 3 is 2.37 bits per heavy atom. The van der Waals surface area contributed by atoms with Gasteiger partial charge in [0.15, 0.2) is 0 Å². The molecule has 1 heterocycles. The van der Waals surface area contributed by atoms with Crippen molar-refractivity contribution in [2.75, 3.05) is 10.6 Å². The number of carbonyl (C=O) groups is 1. The zero-order valence-corrected chi connectivity index (χ0v) is 21.2. The number of nitrogens with one attached hydrogen (secondary N) is 2. The predicted octanol–water partition coefficient (Wildman–Crippen LogP) is 7.48. The molecule has 2 aromatic carbocycles. The Labute approximate surface area is 212 Å². The molecular weight excluding hydrogens is 454 g/mol. The van der Waals surface area contributed by atoms with Gasteiger partial charge in [-0.1, -0.05) is 41.9 Å². The van der Waals surface area contributed by atoms with Crippen molar-refractivity contribution in [3.05, 3.63) is 65.2 Å². The summed E-state index contributed by atoms with van der Waals surface area (Å²) in [7, 11) is 0. The summed E-state index contributed by atoms with van der Waals surface area (Å²) < 4.78 is 0. The first-order valence-electron chi connectivity index (χ1n) is 13.1. The monoisotopic (exact) mass is 487 g/mol. The lowest BCUT2D eigenvalue weighted by molar-refractivity contribution is -0.124. The van der Waals surface area contributed by atoms with E-state index in [1.54, 1.807) is 0 Å². The van der Waals surface area contributed by atoms with Crippen LogP contribution in [0.1, 0.15) is 57.4 Å². The van der Waals surface area contributed by atoms with Crippen molar-refractivity contribution in [2.45, 2.75) is 64.3 Å². The van der Waals surface area contributed by atoms with Crippen LogP contribution >= 0.6 is 11.6 Å². The molecule has 4 fully saturated rings. The number of anilines is 2. The van der Waals surface area contributed by atoms with E-state index in [-0.39, 0.29) is 17.4 Å². The van der Waals surface area contributed by atoms with Crippen LogP contribution in [0.4, 0.5) is 11.5 Å². The lowest BCUT2D eigenvalue weighted by Gasteiger charge is -2.56. The molecule has 1 unspecified atom stereocenters. The zero-order valence-electron chi connectivity index (χ0n) is 20.4. The molecule has 4 aliphatic rings. The Morgan fingerprint density at radius 2 is 1.69 bits per heavy atom. The van der Waals surface area contributed by atoms with Crippen LogP contribution in [0, 0.1) is 23.2 Å². The molecule has 3 aromatic rings. The van der Waals surface area contributed by atoms with Crippen molar-refractivity contribution in [3.8, 4) is 0 Å². The molecule has 0 radical (unpaired) electrons. The Bertz CT molecular complexity index is 1200. The van der Waals surface area contributed by atoms with Crippen LogP contribution in [0.2, 0.25) is 5.02 Å². The number of hydrogen-bond donors (Lipinski definition) is 2. The Balaban J connectivity index is 1.19. The summed E-state index contributed by atoms with van der Waals surface area (Å²) in [6.07, 6.45) is 9.47. The lowest BCUT2D eigenvalue weighted by atomic mass is 9.49. The molecule has 4 aliphatic carbocycles. The van der Waals surface area contributed by atoms with Gasteiger partial charge in [0.1, 0.15) is 5.82 Å². The van der Waals surface area contributed by atoms with E-state index in [0.717, 1.165) is 51.6 Å². The van der Waals surface area contributed by atoms with Crippen molar-refractivity contribution in [2.24, 2.45) is 23.2 Å². The number of halogens is 1. The number of aromatic nitrogens is 1. The van der Waals surface area contributed by atoms with Crippen LogP contribution in [0.15, 0.2) is 54.6 Å². The molecule has 35 heavy (non-hydrogen) atoms. The van der Waals surface area contributed by atoms with Gasteiger partial charge >= 0.3 is 0 Å². The number of hydrogen-bond acceptors (Lipinski definition) is 3. The molecule has 0 aliphatic heterocycles. The van der Waals surface area contributed by atoms with E-state index in [9.17, 15) is 4.79 Å². The highest BCUT2D eigenvalue weighted by Crippen LogP contribution is 2.61. The van der Waals surface area contributed by atoms with Gasteiger partial charge in [0.25, 0.3) is 0 Å². The van der Waals surface area contributed by atoms with Gasteiger partial charge in [0.2, 0.25) is 5.91 Å². The van der Waals surface area contributed by atoms with Crippen LogP contribution in [0.25, 0.3) is 10.9 Å². The molecule has 1 atom stereocenters. The summed E-state index contributed by atoms with van der Waals surface area (Å²) >= 11 is 6.03. The van der Waals surface area contributed by atoms with E-state index >= 15 is 0 Å². The van der Waals surface area contributed by atoms with Crippen LogP contribution in [-0.2, 0) is 11.2 Å². The lowest BCUT2D eigenvalue weighted by Crippen LogP contribution is -2.47. The fourth-order valence-corrected chi connectivity index (χ4v) is 7.80. The molecule has 2 N–H and O–H groups in total. The molecule has 1 aromatic heterocycles. The summed E-state index contributed by atoms with van der Waals surface area (Å²) in [5.41, 5.74) is 3.20. The molecular formula is C30H34ClN3O. The normalized spacial score (nSPS) is 27.7. The number of pyridine rings is 1. The zero-order chi connectivity index (χ0) is 24.0. The van der Waals surface area contributed by atoms with E-state index in [1.165, 1.54) is 44.1 Å². The maximum atomic E-state index is 13.4. The third-order valence-corrected chi connectivity index (χ3v) is 8.79. The minimum absolute atomic E-state index is 0.156. The first-order valence-corrected chi connectivity index (χ1v) is 13.5. The van der Waals surface area contributed by atoms with E-state index in [1.807, 2.05) is 42.5 Å². The van der Waals surface area contributed by atoms with Gasteiger partial charge in [-0.2, -0.15) is 0 Å². The summed E-state index contributed by atoms with van der Waals surface area (Å²) in [6, 6.07) is 18.2. The van der Waals surface area contributed by atoms with Crippen molar-refractivity contribution >= 4 is 39.9 Å². The third-order valence-electron chi connectivity index (χ3n) is 8.54. The molecule has 1 amide bonds. The van der Waals surface area contributed by atoms with Gasteiger partial charge < -0.3 is 10.6 Å². The SMILES string of the molecule is CC(Cc1ccc(Cl)cc1)Nc1cc(NC(=O)CC23CC4CC(CC(C4)C2)C3)c2ccccc2n1. The molecule has 4 bridgehead atoms. The highest BCUT2D eigenvalue weighted by atomic mass is 35.5. The summed E-state index contributed by atoms with van der Waals surface area (Å²) in [6.45, 7) is 2.15. The van der Waals surface area contributed by atoms with Crippen molar-refractivity contribution in [3.63, 3.8) is 0 Å². The Kier molecular flexibility index (Phi) is 5.96. The van der Waals surface area contributed by atoms with Gasteiger partial charge in [-0.15, -0.1) is 0 Å². The maximum absolute atomic E-state index is 13.4. The second-order valence-electron chi connectivity index (χ2n) is 11.6. The van der Waals surface area contributed by atoms with Gasteiger partial charge in [-0.25, -0.2) is 4.98 Å². The molecule has 7 rings (SSSR count).